The Hall–Kier alpha value is -0.450. The number of fused-ring (bicyclic) bond motifs is 3. The van der Waals surface area contributed by atoms with Crippen LogP contribution < -0.4 is 0 Å². The standard InChI is InChI=1S/C21H32O4/c1-18-9-4-3-5-13(18)6-7-15-14-8-10-20(24,16(23)12-22)19(14,2)11-17-21(15,18)25-17/h13-15,17,22,24H,3-12H2,1-2H3/t13?,14-,15-,17?,18-,19-,20-,21-/m0/s1. The summed E-state index contributed by atoms with van der Waals surface area (Å²) in [6.45, 7) is 4.02. The molecule has 4 heteroatoms. The van der Waals surface area contributed by atoms with Crippen LogP contribution in [0.5, 0.6) is 0 Å². The molecule has 4 saturated carbocycles. The Morgan fingerprint density at radius 2 is 1.84 bits per heavy atom. The van der Waals surface area contributed by atoms with Crippen LogP contribution in [0.3, 0.4) is 0 Å². The second-order valence-corrected chi connectivity index (χ2v) is 10.2. The minimum atomic E-state index is -1.37. The lowest BCUT2D eigenvalue weighted by atomic mass is 9.44. The first-order chi connectivity index (χ1) is 11.8. The fourth-order valence-electron chi connectivity index (χ4n) is 8.34. The molecule has 4 aliphatic carbocycles. The molecule has 0 bridgehead atoms. The number of ketones is 1. The maximum atomic E-state index is 12.4. The lowest BCUT2D eigenvalue weighted by Crippen LogP contribution is -2.63. The number of carbonyl (C=O) groups is 1. The number of aliphatic hydroxyl groups excluding tert-OH is 1. The van der Waals surface area contributed by atoms with Gasteiger partial charge in [0.15, 0.2) is 5.78 Å². The van der Waals surface area contributed by atoms with Gasteiger partial charge in [-0.1, -0.05) is 26.7 Å². The van der Waals surface area contributed by atoms with Crippen LogP contribution in [-0.4, -0.2) is 39.9 Å². The quantitative estimate of drug-likeness (QED) is 0.753. The average molecular weight is 348 g/mol. The zero-order valence-corrected chi connectivity index (χ0v) is 15.6. The molecule has 25 heavy (non-hydrogen) atoms. The van der Waals surface area contributed by atoms with Gasteiger partial charge in [0.1, 0.15) is 17.8 Å². The van der Waals surface area contributed by atoms with E-state index in [9.17, 15) is 15.0 Å². The largest absolute Gasteiger partial charge is 0.388 e. The highest BCUT2D eigenvalue weighted by Gasteiger charge is 2.81. The van der Waals surface area contributed by atoms with Crippen LogP contribution in [0, 0.1) is 28.6 Å². The fraction of sp³-hybridized carbons (Fsp3) is 0.952. The lowest BCUT2D eigenvalue weighted by molar-refractivity contribution is -0.164. The number of epoxide rings is 1. The summed E-state index contributed by atoms with van der Waals surface area (Å²) in [7, 11) is 0. The van der Waals surface area contributed by atoms with Crippen LogP contribution in [0.1, 0.15) is 71.6 Å². The summed E-state index contributed by atoms with van der Waals surface area (Å²) < 4.78 is 6.57. The van der Waals surface area contributed by atoms with Crippen LogP contribution in [0.15, 0.2) is 0 Å². The Morgan fingerprint density at radius 3 is 2.60 bits per heavy atom. The number of hydrogen-bond donors (Lipinski definition) is 2. The molecule has 0 aromatic rings. The maximum Gasteiger partial charge on any atom is 0.190 e. The SMILES string of the molecule is C[C@]12CCCCC1CC[C@H]1[C@@H]3CC[C@](O)(C(=O)CO)[C@@]3(C)CC3O[C@]312. The van der Waals surface area contributed by atoms with E-state index in [4.69, 9.17) is 4.74 Å². The molecule has 4 nitrogen and oxygen atoms in total. The van der Waals surface area contributed by atoms with Gasteiger partial charge in [-0.25, -0.2) is 0 Å². The second-order valence-electron chi connectivity index (χ2n) is 10.2. The van der Waals surface area contributed by atoms with Gasteiger partial charge in [0.2, 0.25) is 0 Å². The van der Waals surface area contributed by atoms with Crippen molar-refractivity contribution in [2.45, 2.75) is 88.9 Å². The van der Waals surface area contributed by atoms with Crippen molar-refractivity contribution in [3.63, 3.8) is 0 Å². The van der Waals surface area contributed by atoms with Crippen molar-refractivity contribution in [1.29, 1.82) is 0 Å². The highest BCUT2D eigenvalue weighted by atomic mass is 16.6. The van der Waals surface area contributed by atoms with E-state index in [-0.39, 0.29) is 22.9 Å². The molecule has 2 N–H and O–H groups in total. The molecule has 1 aliphatic heterocycles. The highest BCUT2D eigenvalue weighted by molar-refractivity contribution is 5.89. The Kier molecular flexibility index (Phi) is 3.26. The third-order valence-corrected chi connectivity index (χ3v) is 9.71. The van der Waals surface area contributed by atoms with Crippen molar-refractivity contribution in [3.8, 4) is 0 Å². The van der Waals surface area contributed by atoms with E-state index in [1.807, 2.05) is 0 Å². The Balaban J connectivity index is 1.54. The molecular weight excluding hydrogens is 316 g/mol. The Morgan fingerprint density at radius 1 is 1.04 bits per heavy atom. The first kappa shape index (κ1) is 16.7. The summed E-state index contributed by atoms with van der Waals surface area (Å²) in [5.41, 5.74) is -1.52. The first-order valence-corrected chi connectivity index (χ1v) is 10.4. The molecule has 5 rings (SSSR count). The molecule has 5 fully saturated rings. The molecule has 140 valence electrons. The van der Waals surface area contributed by atoms with E-state index >= 15 is 0 Å². The van der Waals surface area contributed by atoms with Crippen molar-refractivity contribution < 1.29 is 19.7 Å². The van der Waals surface area contributed by atoms with Gasteiger partial charge in [0.25, 0.3) is 0 Å². The summed E-state index contributed by atoms with van der Waals surface area (Å²) >= 11 is 0. The number of ether oxygens (including phenoxy) is 1. The summed E-state index contributed by atoms with van der Waals surface area (Å²) in [5, 5.41) is 20.7. The van der Waals surface area contributed by atoms with Crippen molar-refractivity contribution in [1.82, 2.24) is 0 Å². The van der Waals surface area contributed by atoms with E-state index < -0.39 is 17.6 Å². The fourth-order valence-corrected chi connectivity index (χ4v) is 8.34. The third-order valence-electron chi connectivity index (χ3n) is 9.71. The normalized spacial score (nSPS) is 59.4. The molecule has 5 aliphatic rings. The van der Waals surface area contributed by atoms with Gasteiger partial charge in [0, 0.05) is 10.8 Å². The van der Waals surface area contributed by atoms with Crippen molar-refractivity contribution in [3.05, 3.63) is 0 Å². The minimum Gasteiger partial charge on any atom is -0.388 e. The van der Waals surface area contributed by atoms with E-state index in [1.54, 1.807) is 0 Å². The Labute approximate surface area is 150 Å². The molecule has 0 radical (unpaired) electrons. The van der Waals surface area contributed by atoms with E-state index in [0.717, 1.165) is 18.8 Å². The molecule has 8 atom stereocenters. The topological polar surface area (TPSA) is 70.1 Å². The van der Waals surface area contributed by atoms with Gasteiger partial charge in [-0.05, 0) is 62.7 Å². The lowest BCUT2D eigenvalue weighted by Gasteiger charge is -2.59. The predicted octanol–water partition coefficient (Wildman–Crippen LogP) is 2.84. The predicted molar refractivity (Wildman–Crippen MR) is 92.9 cm³/mol. The maximum absolute atomic E-state index is 12.4. The van der Waals surface area contributed by atoms with Crippen LogP contribution in [0.25, 0.3) is 0 Å². The van der Waals surface area contributed by atoms with E-state index in [2.05, 4.69) is 13.8 Å². The van der Waals surface area contributed by atoms with Crippen molar-refractivity contribution in [2.75, 3.05) is 6.61 Å². The first-order valence-electron chi connectivity index (χ1n) is 10.4. The van der Waals surface area contributed by atoms with Gasteiger partial charge in [-0.2, -0.15) is 0 Å². The summed E-state index contributed by atoms with van der Waals surface area (Å²) in [6, 6.07) is 0. The minimum absolute atomic E-state index is 0.00796. The van der Waals surface area contributed by atoms with Gasteiger partial charge in [-0.15, -0.1) is 0 Å². The highest BCUT2D eigenvalue weighted by Crippen LogP contribution is 2.76. The third kappa shape index (κ3) is 1.69. The molecule has 0 aromatic heterocycles. The molecule has 1 heterocycles. The molecule has 2 unspecified atom stereocenters. The van der Waals surface area contributed by atoms with E-state index in [1.165, 1.54) is 38.5 Å². The average Bonchev–Trinajstić information content (AvgIpc) is 3.25. The van der Waals surface area contributed by atoms with Crippen molar-refractivity contribution >= 4 is 5.78 Å². The van der Waals surface area contributed by atoms with Crippen LogP contribution in [0.2, 0.25) is 0 Å². The molecular formula is C21H32O4. The number of hydrogen-bond acceptors (Lipinski definition) is 4. The summed E-state index contributed by atoms with van der Waals surface area (Å²) in [5.74, 6) is 1.21. The van der Waals surface area contributed by atoms with Crippen LogP contribution >= 0.6 is 0 Å². The molecule has 1 spiro atoms. The smallest absolute Gasteiger partial charge is 0.190 e. The Bertz CT molecular complexity index is 619. The molecule has 1 saturated heterocycles. The number of Topliss-reactive ketones (excluding diaryl/α,β-unsaturated/α-hetero) is 1. The molecule has 0 amide bonds. The van der Waals surface area contributed by atoms with Gasteiger partial charge < -0.3 is 14.9 Å². The van der Waals surface area contributed by atoms with Crippen LogP contribution in [0.4, 0.5) is 0 Å². The van der Waals surface area contributed by atoms with E-state index in [0.29, 0.717) is 18.3 Å². The van der Waals surface area contributed by atoms with Gasteiger partial charge in [-0.3, -0.25) is 4.79 Å². The number of aliphatic hydroxyl groups is 2. The summed E-state index contributed by atoms with van der Waals surface area (Å²) in [6.07, 6.45) is 10.1. The zero-order valence-electron chi connectivity index (χ0n) is 15.6. The summed E-state index contributed by atoms with van der Waals surface area (Å²) in [4.78, 5) is 12.4. The van der Waals surface area contributed by atoms with Crippen molar-refractivity contribution in [2.24, 2.45) is 28.6 Å². The number of rotatable bonds is 2. The molecule has 0 aromatic carbocycles. The van der Waals surface area contributed by atoms with Crippen LogP contribution in [-0.2, 0) is 9.53 Å². The van der Waals surface area contributed by atoms with Gasteiger partial charge >= 0.3 is 0 Å². The second kappa shape index (κ2) is 4.88. The monoisotopic (exact) mass is 348 g/mol. The van der Waals surface area contributed by atoms with Gasteiger partial charge in [0.05, 0.1) is 6.10 Å². The zero-order chi connectivity index (χ0) is 17.7. The number of carbonyl (C=O) groups excluding carboxylic acids is 1.